The van der Waals surface area contributed by atoms with Crippen molar-refractivity contribution in [3.8, 4) is 23.1 Å². The molecule has 0 saturated heterocycles. The number of alkyl halides is 3. The summed E-state index contributed by atoms with van der Waals surface area (Å²) in [4.78, 5) is 21.6. The summed E-state index contributed by atoms with van der Waals surface area (Å²) in [6, 6.07) is 7.24. The third-order valence-corrected chi connectivity index (χ3v) is 5.23. The molecule has 0 unspecified atom stereocenters. The van der Waals surface area contributed by atoms with Crippen LogP contribution in [-0.4, -0.2) is 44.5 Å². The van der Waals surface area contributed by atoms with Crippen molar-refractivity contribution in [2.24, 2.45) is 7.05 Å². The highest BCUT2D eigenvalue weighted by Gasteiger charge is 2.35. The number of nitrogens with zero attached hydrogens (tertiary/aromatic N) is 5. The molecule has 0 bridgehead atoms. The fourth-order valence-electron chi connectivity index (χ4n) is 3.59. The summed E-state index contributed by atoms with van der Waals surface area (Å²) < 4.78 is 48.5. The molecule has 3 aromatic rings. The fourth-order valence-corrected chi connectivity index (χ4v) is 3.59. The Morgan fingerprint density at radius 2 is 2.03 bits per heavy atom. The lowest BCUT2D eigenvalue weighted by molar-refractivity contribution is -0.138. The zero-order chi connectivity index (χ0) is 24.3. The molecular weight excluding hydrogens is 435 g/mol. The molecule has 0 aliphatic rings. The highest BCUT2D eigenvalue weighted by molar-refractivity contribution is 5.84. The normalized spacial score (nSPS) is 11.6. The van der Waals surface area contributed by atoms with E-state index in [4.69, 9.17) is 4.74 Å². The summed E-state index contributed by atoms with van der Waals surface area (Å²) >= 11 is 0. The molecule has 7 nitrogen and oxygen atoms in total. The van der Waals surface area contributed by atoms with E-state index in [1.807, 2.05) is 19.9 Å². The Morgan fingerprint density at radius 1 is 1.30 bits per heavy atom. The number of benzene rings is 1. The highest BCUT2D eigenvalue weighted by atomic mass is 19.4. The van der Waals surface area contributed by atoms with Gasteiger partial charge in [-0.1, -0.05) is 0 Å². The molecule has 10 heteroatoms. The van der Waals surface area contributed by atoms with Crippen LogP contribution in [-0.2, 0) is 18.0 Å². The van der Waals surface area contributed by atoms with Crippen LogP contribution in [0.25, 0.3) is 22.3 Å². The first-order chi connectivity index (χ1) is 15.5. The number of ether oxygens (including phenoxy) is 1. The predicted molar refractivity (Wildman–Crippen MR) is 116 cm³/mol. The minimum absolute atomic E-state index is 0.00455. The van der Waals surface area contributed by atoms with Crippen LogP contribution in [0, 0.1) is 11.3 Å². The number of nitriles is 1. The van der Waals surface area contributed by atoms with Gasteiger partial charge in [0.25, 0.3) is 0 Å². The lowest BCUT2D eigenvalue weighted by Crippen LogP contribution is -2.36. The van der Waals surface area contributed by atoms with E-state index >= 15 is 0 Å². The van der Waals surface area contributed by atoms with Gasteiger partial charge in [0.15, 0.2) is 5.69 Å². The monoisotopic (exact) mass is 459 g/mol. The number of hydrogen-bond acceptors (Lipinski definition) is 5. The Morgan fingerprint density at radius 3 is 2.64 bits per heavy atom. The Labute approximate surface area is 189 Å². The van der Waals surface area contributed by atoms with Crippen molar-refractivity contribution in [3.63, 3.8) is 0 Å². The molecule has 33 heavy (non-hydrogen) atoms. The average molecular weight is 459 g/mol. The van der Waals surface area contributed by atoms with Crippen LogP contribution in [0.2, 0.25) is 0 Å². The maximum absolute atomic E-state index is 13.8. The van der Waals surface area contributed by atoms with Crippen molar-refractivity contribution in [1.82, 2.24) is 19.4 Å². The van der Waals surface area contributed by atoms with Crippen molar-refractivity contribution in [2.45, 2.75) is 39.4 Å². The van der Waals surface area contributed by atoms with E-state index in [2.05, 4.69) is 9.97 Å². The summed E-state index contributed by atoms with van der Waals surface area (Å²) in [5.74, 6) is -0.396. The van der Waals surface area contributed by atoms with Gasteiger partial charge in [-0.25, -0.2) is 9.97 Å². The second-order valence-corrected chi connectivity index (χ2v) is 7.91. The van der Waals surface area contributed by atoms with Crippen molar-refractivity contribution >= 4 is 16.9 Å². The first-order valence-corrected chi connectivity index (χ1v) is 10.4. The third kappa shape index (κ3) is 5.25. The molecule has 2 heterocycles. The number of halogens is 3. The number of rotatable bonds is 7. The number of hydrogen-bond donors (Lipinski definition) is 0. The SMILES string of the molecule is CC(=O)N(CCCOc1ccc(-c2cc3c(ncn3C)c(C#N)n2)cc1C(F)(F)F)C(C)C. The number of carbonyl (C=O) groups excluding carboxylic acids is 1. The third-order valence-electron chi connectivity index (χ3n) is 5.23. The van der Waals surface area contributed by atoms with Crippen molar-refractivity contribution in [1.29, 1.82) is 5.26 Å². The minimum atomic E-state index is -4.65. The number of aromatic nitrogens is 3. The quantitative estimate of drug-likeness (QED) is 0.484. The number of aryl methyl sites for hydroxylation is 1. The van der Waals surface area contributed by atoms with E-state index in [-0.39, 0.29) is 41.3 Å². The second-order valence-electron chi connectivity index (χ2n) is 7.91. The molecular formula is C23H24F3N5O2. The van der Waals surface area contributed by atoms with Gasteiger partial charge in [0.1, 0.15) is 17.3 Å². The van der Waals surface area contributed by atoms with Gasteiger partial charge in [0.2, 0.25) is 5.91 Å². The Hall–Kier alpha value is -3.61. The van der Waals surface area contributed by atoms with Gasteiger partial charge in [-0.3, -0.25) is 4.79 Å². The maximum Gasteiger partial charge on any atom is 0.419 e. The topological polar surface area (TPSA) is 84.0 Å². The summed E-state index contributed by atoms with van der Waals surface area (Å²) in [5, 5.41) is 9.39. The number of amides is 1. The summed E-state index contributed by atoms with van der Waals surface area (Å²) in [6.07, 6.45) is -2.74. The Kier molecular flexibility index (Phi) is 6.91. The van der Waals surface area contributed by atoms with Crippen molar-refractivity contribution in [2.75, 3.05) is 13.2 Å². The number of imidazole rings is 1. The Bertz CT molecular complexity index is 1210. The second kappa shape index (κ2) is 9.48. The highest BCUT2D eigenvalue weighted by Crippen LogP contribution is 2.39. The molecule has 1 aromatic carbocycles. The molecule has 0 aliphatic heterocycles. The standard InChI is InChI=1S/C23H24F3N5O2/c1-14(2)31(15(3)32)8-5-9-33-21-7-6-16(10-17(21)23(24,25)26)18-11-20-22(19(12-27)29-18)28-13-30(20)4/h6-7,10-11,13-14H,5,8-9H2,1-4H3. The summed E-state index contributed by atoms with van der Waals surface area (Å²) in [7, 11) is 1.73. The molecule has 0 atom stereocenters. The van der Waals surface area contributed by atoms with Gasteiger partial charge in [0, 0.05) is 32.1 Å². The summed E-state index contributed by atoms with van der Waals surface area (Å²) in [6.45, 7) is 5.61. The number of carbonyl (C=O) groups is 1. The number of fused-ring (bicyclic) bond motifs is 1. The van der Waals surface area contributed by atoms with Crippen molar-refractivity contribution < 1.29 is 22.7 Å². The maximum atomic E-state index is 13.8. The lowest BCUT2D eigenvalue weighted by Gasteiger charge is -2.25. The zero-order valence-electron chi connectivity index (χ0n) is 18.8. The molecule has 0 radical (unpaired) electrons. The van der Waals surface area contributed by atoms with Gasteiger partial charge >= 0.3 is 6.18 Å². The van der Waals surface area contributed by atoms with E-state index in [0.29, 0.717) is 24.0 Å². The van der Waals surface area contributed by atoms with Crippen LogP contribution in [0.5, 0.6) is 5.75 Å². The largest absolute Gasteiger partial charge is 0.493 e. The lowest BCUT2D eigenvalue weighted by atomic mass is 10.1. The number of pyridine rings is 1. The first kappa shape index (κ1) is 24.0. The predicted octanol–water partition coefficient (Wildman–Crippen LogP) is 4.55. The van der Waals surface area contributed by atoms with Crippen LogP contribution in [0.3, 0.4) is 0 Å². The minimum Gasteiger partial charge on any atom is -0.493 e. The van der Waals surface area contributed by atoms with Gasteiger partial charge in [0.05, 0.1) is 29.7 Å². The van der Waals surface area contributed by atoms with Crippen LogP contribution >= 0.6 is 0 Å². The van der Waals surface area contributed by atoms with Crippen LogP contribution in [0.1, 0.15) is 38.4 Å². The van der Waals surface area contributed by atoms with E-state index in [0.717, 1.165) is 6.07 Å². The average Bonchev–Trinajstić information content (AvgIpc) is 3.12. The van der Waals surface area contributed by atoms with Crippen molar-refractivity contribution in [3.05, 3.63) is 41.9 Å². The smallest absolute Gasteiger partial charge is 0.419 e. The van der Waals surface area contributed by atoms with E-state index in [1.165, 1.54) is 25.4 Å². The van der Waals surface area contributed by atoms with Gasteiger partial charge in [-0.2, -0.15) is 18.4 Å². The van der Waals surface area contributed by atoms with E-state index in [9.17, 15) is 23.2 Å². The van der Waals surface area contributed by atoms with Crippen LogP contribution < -0.4 is 4.74 Å². The molecule has 1 amide bonds. The molecule has 174 valence electrons. The Balaban J connectivity index is 1.88. The fraction of sp³-hybridized carbons (Fsp3) is 0.391. The van der Waals surface area contributed by atoms with Crippen LogP contribution in [0.15, 0.2) is 30.6 Å². The van der Waals surface area contributed by atoms with Gasteiger partial charge < -0.3 is 14.2 Å². The van der Waals surface area contributed by atoms with Crippen LogP contribution in [0.4, 0.5) is 13.2 Å². The molecule has 3 rings (SSSR count). The molecule has 0 spiro atoms. The zero-order valence-corrected chi connectivity index (χ0v) is 18.8. The molecule has 2 aromatic heterocycles. The van der Waals surface area contributed by atoms with E-state index < -0.39 is 11.7 Å². The molecule has 0 aliphatic carbocycles. The summed E-state index contributed by atoms with van der Waals surface area (Å²) in [5.41, 5.74) is 0.520. The molecule has 0 fully saturated rings. The van der Waals surface area contributed by atoms with Gasteiger partial charge in [-0.15, -0.1) is 0 Å². The molecule has 0 saturated carbocycles. The van der Waals surface area contributed by atoms with Gasteiger partial charge in [-0.05, 0) is 44.5 Å². The first-order valence-electron chi connectivity index (χ1n) is 10.4. The van der Waals surface area contributed by atoms with E-state index in [1.54, 1.807) is 22.6 Å². The molecule has 0 N–H and O–H groups in total.